The third-order valence-electron chi connectivity index (χ3n) is 21.5. The van der Waals surface area contributed by atoms with Gasteiger partial charge in [-0.3, -0.25) is 14.4 Å². The van der Waals surface area contributed by atoms with E-state index in [0.29, 0.717) is 72.0 Å². The molecule has 0 bridgehead atoms. The van der Waals surface area contributed by atoms with Crippen LogP contribution in [0.1, 0.15) is 331 Å². The van der Waals surface area contributed by atoms with Crippen LogP contribution in [0.25, 0.3) is 0 Å². The largest absolute Gasteiger partial charge is 0.469 e. The van der Waals surface area contributed by atoms with Gasteiger partial charge in [0.15, 0.2) is 0 Å². The Hall–Kier alpha value is -1.89. The van der Waals surface area contributed by atoms with E-state index in [-0.39, 0.29) is 43.3 Å². The molecule has 0 aliphatic heterocycles. The van der Waals surface area contributed by atoms with Gasteiger partial charge < -0.3 is 23.8 Å². The SMILES string of the molecule is CC=O.CCCCCCCC/C=C\CCCCCCCC(=O)OC.COC(=O)CCCCCCCCCCCCCCCCCC=O.COC(=O)[C@@H](C)[C@H](C)[C@@H](C)[C@H](C)[C@@H](C)[C@H](C)[C@@H](C)[C@@H](C)[C@@H](C)[C@@H](C)[C@H](C)[C@@H](C)[C@H](C)C(C)[C@H](C)C(C)C.[Rh]. The Morgan fingerprint density at radius 2 is 0.541 bits per heavy atom. The van der Waals surface area contributed by atoms with Crippen LogP contribution in [0.5, 0.6) is 0 Å². The van der Waals surface area contributed by atoms with Crippen LogP contribution >= 0.6 is 0 Å². The molecule has 9 heteroatoms. The summed E-state index contributed by atoms with van der Waals surface area (Å²) in [5, 5.41) is 0. The van der Waals surface area contributed by atoms with Gasteiger partial charge in [0.25, 0.3) is 0 Å². The first-order chi connectivity index (χ1) is 39.9. The molecule has 0 aromatic heterocycles. The second kappa shape index (κ2) is 62.3. The Kier molecular flexibility index (Phi) is 67.3. The summed E-state index contributed by atoms with van der Waals surface area (Å²) in [6.07, 6.45) is 44.3. The molecule has 0 rings (SSSR count). The van der Waals surface area contributed by atoms with Gasteiger partial charge >= 0.3 is 17.9 Å². The number of carbonyl (C=O) groups excluding carboxylic acids is 5. The van der Waals surface area contributed by atoms with E-state index in [1.165, 1.54) is 176 Å². The fraction of sp³-hybridized carbons (Fsp3) is 0.908. The van der Waals surface area contributed by atoms with Crippen molar-refractivity contribution in [3.05, 3.63) is 12.2 Å². The van der Waals surface area contributed by atoms with E-state index in [2.05, 4.69) is 139 Å². The minimum Gasteiger partial charge on any atom is -0.469 e. The number of methoxy groups -OCH3 is 3. The number of hydrogen-bond donors (Lipinski definition) is 0. The molecule has 0 aromatic rings. The van der Waals surface area contributed by atoms with Crippen LogP contribution < -0.4 is 0 Å². The maximum Gasteiger partial charge on any atom is 0.308 e. The molecule has 0 fully saturated rings. The molecule has 0 saturated heterocycles. The van der Waals surface area contributed by atoms with E-state index in [1.807, 2.05) is 6.92 Å². The normalized spacial score (nSPS) is 16.6. The van der Waals surface area contributed by atoms with Gasteiger partial charge in [0.2, 0.25) is 0 Å². The summed E-state index contributed by atoms with van der Waals surface area (Å²) < 4.78 is 14.3. The number of hydrogen-bond acceptors (Lipinski definition) is 8. The van der Waals surface area contributed by atoms with E-state index in [1.54, 1.807) is 0 Å². The molecule has 0 spiro atoms. The van der Waals surface area contributed by atoms with Crippen LogP contribution in [0.2, 0.25) is 0 Å². The van der Waals surface area contributed by atoms with Gasteiger partial charge in [0, 0.05) is 38.7 Å². The van der Waals surface area contributed by atoms with Crippen molar-refractivity contribution >= 4 is 30.5 Å². The van der Waals surface area contributed by atoms with Crippen LogP contribution in [-0.4, -0.2) is 51.8 Å². The number of rotatable bonds is 49. The van der Waals surface area contributed by atoms with Gasteiger partial charge in [-0.1, -0.05) is 272 Å². The van der Waals surface area contributed by atoms with E-state index in [9.17, 15) is 19.2 Å². The summed E-state index contributed by atoms with van der Waals surface area (Å²) in [6.45, 7) is 44.9. The molecule has 0 heterocycles. The van der Waals surface area contributed by atoms with Crippen molar-refractivity contribution in [2.45, 2.75) is 331 Å². The first kappa shape index (κ1) is 91.8. The molecule has 0 amide bonds. The van der Waals surface area contributed by atoms with Gasteiger partial charge in [-0.2, -0.15) is 0 Å². The van der Waals surface area contributed by atoms with Crippen LogP contribution in [0.3, 0.4) is 0 Å². The van der Waals surface area contributed by atoms with Crippen molar-refractivity contribution in [3.8, 4) is 0 Å². The zero-order chi connectivity index (χ0) is 64.8. The standard InChI is InChI=1S/C35H70O2.C20H38O3.C19H36O2.C2H4O.Rh/c1-19(2)20(3)21(4)22(5)23(6)24(7)25(8)26(9)27(10)28(11)29(12)30(13)31(14)32(15)33(16)34(17)35(36)37-18;1-23-20(22)18-16-14-12-10-8-6-4-2-3-5-7-9-11-13-15-17-19-21;1-3-4-5-6-7-8-9-10-11-12-13-14-15-16-17-18-19(20)21-2;1-2-3;/h19-34H,1-18H3;19H,2-18H2,1H3;10-11H,3-9,12-18H2,1-2H3;2H,1H3;/b;;11-10-;;/t20-,21?,22-,23+,24-,25+,26+,27+,28+,29-,30+,31-,32+,33-,34+;;;;/m1..../s1. The van der Waals surface area contributed by atoms with Crippen molar-refractivity contribution < 1.29 is 57.7 Å². The molecule has 0 N–H and O–H groups in total. The maximum absolute atomic E-state index is 12.1. The fourth-order valence-corrected chi connectivity index (χ4v) is 12.5. The fourth-order valence-electron chi connectivity index (χ4n) is 12.5. The van der Waals surface area contributed by atoms with Crippen LogP contribution in [0.15, 0.2) is 12.2 Å². The van der Waals surface area contributed by atoms with Gasteiger partial charge in [-0.05, 0) is 141 Å². The predicted molar refractivity (Wildman–Crippen MR) is 364 cm³/mol. The summed E-state index contributed by atoms with van der Waals surface area (Å²) in [6, 6.07) is 0. The molecule has 0 aromatic carbocycles. The summed E-state index contributed by atoms with van der Waals surface area (Å²) in [5.41, 5.74) is 0. The average molecular weight is 1290 g/mol. The smallest absolute Gasteiger partial charge is 0.308 e. The molecule has 85 heavy (non-hydrogen) atoms. The van der Waals surface area contributed by atoms with Gasteiger partial charge in [-0.25, -0.2) is 0 Å². The Balaban J connectivity index is -0.000000384. The van der Waals surface area contributed by atoms with Crippen molar-refractivity contribution in [1.29, 1.82) is 0 Å². The van der Waals surface area contributed by atoms with Crippen LogP contribution in [0, 0.1) is 94.7 Å². The molecule has 1 radical (unpaired) electrons. The summed E-state index contributed by atoms with van der Waals surface area (Å²) >= 11 is 0. The molecule has 8 nitrogen and oxygen atoms in total. The van der Waals surface area contributed by atoms with Gasteiger partial charge in [-0.15, -0.1) is 0 Å². The molecular weight excluding hydrogens is 1140 g/mol. The van der Waals surface area contributed by atoms with E-state index in [4.69, 9.17) is 9.53 Å². The summed E-state index contributed by atoms with van der Waals surface area (Å²) in [7, 11) is 4.42. The first-order valence-electron chi connectivity index (χ1n) is 35.6. The predicted octanol–water partition coefficient (Wildman–Crippen LogP) is 22.7. The monoisotopic (exact) mass is 1290 g/mol. The third kappa shape index (κ3) is 48.6. The number of ether oxygens (including phenoxy) is 3. The second-order valence-corrected chi connectivity index (χ2v) is 27.3. The minimum atomic E-state index is -0.0808. The van der Waals surface area contributed by atoms with E-state index < -0.39 is 0 Å². The molecule has 0 aliphatic rings. The molecule has 0 saturated carbocycles. The first-order valence-corrected chi connectivity index (χ1v) is 35.6. The number of allylic oxidation sites excluding steroid dienone is 2. The second-order valence-electron chi connectivity index (χ2n) is 27.3. The number of aldehydes is 2. The number of carbonyl (C=O) groups is 5. The number of esters is 3. The Morgan fingerprint density at radius 3 is 0.776 bits per heavy atom. The van der Waals surface area contributed by atoms with Crippen molar-refractivity contribution in [1.82, 2.24) is 0 Å². The molecule has 0 aliphatic carbocycles. The van der Waals surface area contributed by atoms with Crippen LogP contribution in [0.4, 0.5) is 0 Å². The topological polar surface area (TPSA) is 113 Å². The third-order valence-corrected chi connectivity index (χ3v) is 21.5. The van der Waals surface area contributed by atoms with E-state index >= 15 is 0 Å². The quantitative estimate of drug-likeness (QED) is 0.0148. The summed E-state index contributed by atoms with van der Waals surface area (Å²) in [5.74, 6) is 9.50. The molecule has 1 unspecified atom stereocenters. The van der Waals surface area contributed by atoms with Gasteiger partial charge in [0.1, 0.15) is 12.6 Å². The Morgan fingerprint density at radius 1 is 0.318 bits per heavy atom. The van der Waals surface area contributed by atoms with Gasteiger partial charge in [0.05, 0.1) is 27.2 Å². The zero-order valence-corrected chi connectivity index (χ0v) is 62.2. The zero-order valence-electron chi connectivity index (χ0n) is 60.6. The minimum absolute atomic E-state index is 0. The van der Waals surface area contributed by atoms with Crippen LogP contribution in [-0.2, 0) is 57.7 Å². The Bertz CT molecular complexity index is 1530. The average Bonchev–Trinajstić information content (AvgIpc) is 3.32. The Labute approximate surface area is 543 Å². The summed E-state index contributed by atoms with van der Waals surface area (Å²) in [4.78, 5) is 53.0. The molecule has 509 valence electrons. The molecular formula is C76H148O8Rh. The van der Waals surface area contributed by atoms with Crippen molar-refractivity contribution in [3.63, 3.8) is 0 Å². The maximum atomic E-state index is 12.1. The van der Waals surface area contributed by atoms with Crippen molar-refractivity contribution in [2.24, 2.45) is 94.7 Å². The number of unbranched alkanes of at least 4 members (excludes halogenated alkanes) is 26. The molecule has 15 atom stereocenters. The van der Waals surface area contributed by atoms with E-state index in [0.717, 1.165) is 80.7 Å². The van der Waals surface area contributed by atoms with Crippen molar-refractivity contribution in [2.75, 3.05) is 21.3 Å².